The molecule has 1 atom stereocenters. The van der Waals surface area contributed by atoms with E-state index in [2.05, 4.69) is 10.6 Å². The first-order chi connectivity index (χ1) is 15.0. The highest BCUT2D eigenvalue weighted by molar-refractivity contribution is 6.04. The lowest BCUT2D eigenvalue weighted by Gasteiger charge is -2.16. The number of hydrogen-bond donors (Lipinski definition) is 2. The van der Waals surface area contributed by atoms with Gasteiger partial charge in [0.25, 0.3) is 11.8 Å². The molecule has 158 valence electrons. The molecule has 2 aromatic carbocycles. The number of anilines is 1. The van der Waals surface area contributed by atoms with Crippen LogP contribution in [-0.4, -0.2) is 24.4 Å². The highest BCUT2D eigenvalue weighted by Gasteiger charge is 2.16. The quantitative estimate of drug-likeness (QED) is 0.426. The van der Waals surface area contributed by atoms with Gasteiger partial charge in [0.15, 0.2) is 6.61 Å². The van der Waals surface area contributed by atoms with Crippen LogP contribution in [0, 0.1) is 0 Å². The molecule has 1 unspecified atom stereocenters. The fourth-order valence-corrected chi connectivity index (χ4v) is 2.80. The SMILES string of the molecule is CC(NC(=O)c1ccccc1NC(=O)COC(=O)C=Cc1ccco1)c1ccccc1. The third-order valence-electron chi connectivity index (χ3n) is 4.37. The largest absolute Gasteiger partial charge is 0.465 e. The highest BCUT2D eigenvalue weighted by atomic mass is 16.5. The first-order valence-corrected chi connectivity index (χ1v) is 9.66. The highest BCUT2D eigenvalue weighted by Crippen LogP contribution is 2.18. The van der Waals surface area contributed by atoms with Gasteiger partial charge in [-0.2, -0.15) is 0 Å². The Morgan fingerprint density at radius 3 is 2.48 bits per heavy atom. The van der Waals surface area contributed by atoms with Crippen molar-refractivity contribution in [2.75, 3.05) is 11.9 Å². The molecule has 1 heterocycles. The molecule has 31 heavy (non-hydrogen) atoms. The van der Waals surface area contributed by atoms with Crippen molar-refractivity contribution in [1.29, 1.82) is 0 Å². The monoisotopic (exact) mass is 418 g/mol. The second-order valence-electron chi connectivity index (χ2n) is 6.66. The normalized spacial score (nSPS) is 11.6. The lowest BCUT2D eigenvalue weighted by atomic mass is 10.1. The van der Waals surface area contributed by atoms with E-state index in [1.807, 2.05) is 37.3 Å². The number of amides is 2. The average molecular weight is 418 g/mol. The van der Waals surface area contributed by atoms with Crippen molar-refractivity contribution >= 4 is 29.5 Å². The number of carbonyl (C=O) groups is 3. The van der Waals surface area contributed by atoms with Crippen LogP contribution in [-0.2, 0) is 14.3 Å². The van der Waals surface area contributed by atoms with Crippen LogP contribution in [0.2, 0.25) is 0 Å². The molecular formula is C24H22N2O5. The van der Waals surface area contributed by atoms with Gasteiger partial charge in [-0.15, -0.1) is 0 Å². The Morgan fingerprint density at radius 1 is 1.00 bits per heavy atom. The minimum Gasteiger partial charge on any atom is -0.465 e. The Hall–Kier alpha value is -4.13. The number of benzene rings is 2. The fourth-order valence-electron chi connectivity index (χ4n) is 2.80. The maximum atomic E-state index is 12.7. The molecule has 0 saturated heterocycles. The van der Waals surface area contributed by atoms with E-state index in [0.717, 1.165) is 5.56 Å². The van der Waals surface area contributed by atoms with Gasteiger partial charge in [-0.05, 0) is 42.8 Å². The van der Waals surface area contributed by atoms with Gasteiger partial charge < -0.3 is 19.8 Å². The maximum absolute atomic E-state index is 12.7. The zero-order valence-corrected chi connectivity index (χ0v) is 16.9. The number of esters is 1. The third-order valence-corrected chi connectivity index (χ3v) is 4.37. The summed E-state index contributed by atoms with van der Waals surface area (Å²) in [6, 6.07) is 19.3. The summed E-state index contributed by atoms with van der Waals surface area (Å²) >= 11 is 0. The number of ether oxygens (including phenoxy) is 1. The number of furan rings is 1. The topological polar surface area (TPSA) is 97.6 Å². The van der Waals surface area contributed by atoms with Gasteiger partial charge in [-0.1, -0.05) is 42.5 Å². The summed E-state index contributed by atoms with van der Waals surface area (Å²) < 4.78 is 9.98. The molecule has 0 spiro atoms. The van der Waals surface area contributed by atoms with Gasteiger partial charge in [0, 0.05) is 6.08 Å². The summed E-state index contributed by atoms with van der Waals surface area (Å²) in [5, 5.41) is 5.52. The van der Waals surface area contributed by atoms with Crippen LogP contribution in [0.3, 0.4) is 0 Å². The Bertz CT molecular complexity index is 1060. The lowest BCUT2D eigenvalue weighted by molar-refractivity contribution is -0.142. The van der Waals surface area contributed by atoms with Crippen molar-refractivity contribution < 1.29 is 23.5 Å². The van der Waals surface area contributed by atoms with E-state index in [1.165, 1.54) is 18.4 Å². The van der Waals surface area contributed by atoms with E-state index in [9.17, 15) is 14.4 Å². The minimum atomic E-state index is -0.686. The smallest absolute Gasteiger partial charge is 0.331 e. The summed E-state index contributed by atoms with van der Waals surface area (Å²) in [6.45, 7) is 1.39. The first kappa shape index (κ1) is 21.6. The number of para-hydroxylation sites is 1. The molecule has 0 radical (unpaired) electrons. The number of hydrogen-bond acceptors (Lipinski definition) is 5. The minimum absolute atomic E-state index is 0.209. The molecule has 0 bridgehead atoms. The van der Waals surface area contributed by atoms with Crippen molar-refractivity contribution in [3.8, 4) is 0 Å². The summed E-state index contributed by atoms with van der Waals surface area (Å²) in [7, 11) is 0. The second-order valence-corrected chi connectivity index (χ2v) is 6.66. The van der Waals surface area contributed by atoms with Crippen LogP contribution in [0.25, 0.3) is 6.08 Å². The second kappa shape index (κ2) is 10.6. The van der Waals surface area contributed by atoms with E-state index in [-0.39, 0.29) is 11.9 Å². The van der Waals surface area contributed by atoms with E-state index in [4.69, 9.17) is 9.15 Å². The average Bonchev–Trinajstić information content (AvgIpc) is 3.31. The summed E-state index contributed by atoms with van der Waals surface area (Å²) in [4.78, 5) is 36.7. The Balaban J connectivity index is 1.56. The lowest BCUT2D eigenvalue weighted by Crippen LogP contribution is -2.28. The fraction of sp³-hybridized carbons (Fsp3) is 0.125. The van der Waals surface area contributed by atoms with Gasteiger partial charge >= 0.3 is 5.97 Å². The van der Waals surface area contributed by atoms with E-state index >= 15 is 0 Å². The number of carbonyl (C=O) groups excluding carboxylic acids is 3. The standard InChI is InChI=1S/C24H22N2O5/c1-17(18-8-3-2-4-9-18)25-24(29)20-11-5-6-12-21(20)26-22(27)16-31-23(28)14-13-19-10-7-15-30-19/h2-15,17H,16H2,1H3,(H,25,29)(H,26,27). The molecule has 0 fully saturated rings. The van der Waals surface area contributed by atoms with Crippen molar-refractivity contribution in [3.63, 3.8) is 0 Å². The molecule has 0 aliphatic rings. The van der Waals surface area contributed by atoms with Crippen LogP contribution in [0.5, 0.6) is 0 Å². The van der Waals surface area contributed by atoms with Crippen molar-refractivity contribution in [1.82, 2.24) is 5.32 Å². The van der Waals surface area contributed by atoms with E-state index in [1.54, 1.807) is 36.4 Å². The molecule has 7 heteroatoms. The molecule has 3 aromatic rings. The first-order valence-electron chi connectivity index (χ1n) is 9.66. The summed E-state index contributed by atoms with van der Waals surface area (Å²) in [6.07, 6.45) is 4.08. The molecule has 0 saturated carbocycles. The Morgan fingerprint density at radius 2 is 1.74 bits per heavy atom. The molecule has 2 N–H and O–H groups in total. The van der Waals surface area contributed by atoms with Gasteiger partial charge in [-0.25, -0.2) is 4.79 Å². The van der Waals surface area contributed by atoms with Crippen molar-refractivity contribution in [2.24, 2.45) is 0 Å². The van der Waals surface area contributed by atoms with Gasteiger partial charge in [-0.3, -0.25) is 9.59 Å². The van der Waals surface area contributed by atoms with Gasteiger partial charge in [0.2, 0.25) is 0 Å². The van der Waals surface area contributed by atoms with E-state index in [0.29, 0.717) is 17.0 Å². The van der Waals surface area contributed by atoms with Crippen LogP contribution in [0.4, 0.5) is 5.69 Å². The van der Waals surface area contributed by atoms with E-state index < -0.39 is 18.5 Å². The van der Waals surface area contributed by atoms with Crippen LogP contribution in [0.15, 0.2) is 83.5 Å². The third kappa shape index (κ3) is 6.43. The number of rotatable bonds is 8. The Kier molecular flexibility index (Phi) is 7.37. The van der Waals surface area contributed by atoms with Crippen molar-refractivity contribution in [2.45, 2.75) is 13.0 Å². The molecule has 1 aromatic heterocycles. The van der Waals surface area contributed by atoms with Crippen molar-refractivity contribution in [3.05, 3.63) is 96.0 Å². The van der Waals surface area contributed by atoms with Crippen LogP contribution < -0.4 is 10.6 Å². The summed E-state index contributed by atoms with van der Waals surface area (Å²) in [5.41, 5.74) is 1.60. The molecule has 0 aliphatic carbocycles. The molecule has 7 nitrogen and oxygen atoms in total. The van der Waals surface area contributed by atoms with Crippen LogP contribution in [0.1, 0.15) is 34.6 Å². The predicted molar refractivity (Wildman–Crippen MR) is 116 cm³/mol. The van der Waals surface area contributed by atoms with Gasteiger partial charge in [0.1, 0.15) is 5.76 Å². The van der Waals surface area contributed by atoms with Gasteiger partial charge in [0.05, 0.1) is 23.6 Å². The Labute approximate surface area is 179 Å². The molecule has 0 aliphatic heterocycles. The summed E-state index contributed by atoms with van der Waals surface area (Å²) in [5.74, 6) is -1.08. The van der Waals surface area contributed by atoms with Crippen LogP contribution >= 0.6 is 0 Å². The zero-order chi connectivity index (χ0) is 22.1. The molecule has 3 rings (SSSR count). The maximum Gasteiger partial charge on any atom is 0.331 e. The number of nitrogens with one attached hydrogen (secondary N) is 2. The molecule has 2 amide bonds. The predicted octanol–water partition coefficient (Wildman–Crippen LogP) is 3.97. The zero-order valence-electron chi connectivity index (χ0n) is 16.9. The molecular weight excluding hydrogens is 396 g/mol.